The Hall–Kier alpha value is -1.96. The van der Waals surface area contributed by atoms with E-state index in [4.69, 9.17) is 18.0 Å². The van der Waals surface area contributed by atoms with Gasteiger partial charge in [0.2, 0.25) is 11.8 Å². The average Bonchev–Trinajstić information content (AvgIpc) is 3.04. The fourth-order valence-electron chi connectivity index (χ4n) is 2.09. The molecule has 2 rings (SSSR count). The average molecular weight is 447 g/mol. The van der Waals surface area contributed by atoms with Gasteiger partial charge in [-0.25, -0.2) is 23.7 Å². The summed E-state index contributed by atoms with van der Waals surface area (Å²) < 4.78 is 37.6. The van der Waals surface area contributed by atoms with Crippen LogP contribution < -0.4 is 4.90 Å². The zero-order valence-corrected chi connectivity index (χ0v) is 17.3. The number of carbonyl (C=O) groups excluding carboxylic acids is 1. The van der Waals surface area contributed by atoms with Crippen LogP contribution in [-0.4, -0.2) is 49.0 Å². The van der Waals surface area contributed by atoms with Crippen LogP contribution in [0.3, 0.4) is 0 Å². The van der Waals surface area contributed by atoms with E-state index in [-0.39, 0.29) is 29.6 Å². The van der Waals surface area contributed by atoms with Crippen LogP contribution in [0.2, 0.25) is 5.15 Å². The second-order valence-electron chi connectivity index (χ2n) is 5.84. The lowest BCUT2D eigenvalue weighted by atomic mass is 10.3. The van der Waals surface area contributed by atoms with Gasteiger partial charge in [-0.1, -0.05) is 28.9 Å². The number of aromatic nitrogens is 3. The number of rotatable bonds is 9. The predicted molar refractivity (Wildman–Crippen MR) is 107 cm³/mol. The second-order valence-corrected chi connectivity index (χ2v) is 8.88. The first kappa shape index (κ1) is 22.3. The van der Waals surface area contributed by atoms with E-state index < -0.39 is 29.1 Å². The van der Waals surface area contributed by atoms with Gasteiger partial charge in [0.05, 0.1) is 6.54 Å². The summed E-state index contributed by atoms with van der Waals surface area (Å²) in [5.74, 6) is -1.12. The number of nitrogens with zero attached hydrogens (tertiary/aromatic N) is 4. The Morgan fingerprint density at radius 3 is 2.68 bits per heavy atom. The summed E-state index contributed by atoms with van der Waals surface area (Å²) >= 11 is 7.33. The quantitative estimate of drug-likeness (QED) is 0.552. The van der Waals surface area contributed by atoms with E-state index in [9.17, 15) is 17.8 Å². The molecule has 0 aliphatic carbocycles. The molecule has 0 spiro atoms. The smallest absolute Gasteiger partial charge is 0.246 e. The van der Waals surface area contributed by atoms with Crippen molar-refractivity contribution in [1.29, 1.82) is 0 Å². The highest BCUT2D eigenvalue weighted by Crippen LogP contribution is 2.37. The van der Waals surface area contributed by atoms with E-state index >= 15 is 0 Å². The second kappa shape index (κ2) is 10.0. The number of alkyl halides is 2. The third-order valence-electron chi connectivity index (χ3n) is 3.48. The molecule has 0 aliphatic rings. The molecule has 2 aromatic heterocycles. The van der Waals surface area contributed by atoms with Crippen molar-refractivity contribution < 1.29 is 17.8 Å². The third-order valence-corrected chi connectivity index (χ3v) is 6.31. The van der Waals surface area contributed by atoms with Crippen LogP contribution in [0, 0.1) is 12.3 Å². The maximum absolute atomic E-state index is 12.9. The van der Waals surface area contributed by atoms with Crippen molar-refractivity contribution in [3.8, 4) is 22.9 Å². The lowest BCUT2D eigenvalue weighted by Crippen LogP contribution is -2.32. The van der Waals surface area contributed by atoms with Crippen molar-refractivity contribution in [3.63, 3.8) is 0 Å². The van der Waals surface area contributed by atoms with Gasteiger partial charge in [-0.3, -0.25) is 13.9 Å². The third kappa shape index (κ3) is 6.58. The van der Waals surface area contributed by atoms with Crippen molar-refractivity contribution in [2.45, 2.75) is 25.7 Å². The predicted octanol–water partition coefficient (Wildman–Crippen LogP) is 3.40. The SMILES string of the molecule is C#CCN(C(=O)CCS(=O)CCC(C)(F)F)c1sc(-c2cncnc2)nc1Cl. The van der Waals surface area contributed by atoms with Gasteiger partial charge in [0.15, 0.2) is 5.15 Å². The molecule has 0 aromatic carbocycles. The molecule has 0 saturated carbocycles. The number of anilines is 1. The fourth-order valence-corrected chi connectivity index (χ4v) is 4.58. The molecule has 0 radical (unpaired) electrons. The van der Waals surface area contributed by atoms with Crippen molar-refractivity contribution in [1.82, 2.24) is 15.0 Å². The summed E-state index contributed by atoms with van der Waals surface area (Å²) in [4.78, 5) is 25.9. The first-order valence-electron chi connectivity index (χ1n) is 8.09. The van der Waals surface area contributed by atoms with Crippen molar-refractivity contribution in [2.75, 3.05) is 23.0 Å². The minimum absolute atomic E-state index is 0.0359. The molecule has 28 heavy (non-hydrogen) atoms. The summed E-state index contributed by atoms with van der Waals surface area (Å²) in [6, 6.07) is 0. The normalized spacial score (nSPS) is 12.4. The van der Waals surface area contributed by atoms with Gasteiger partial charge in [-0.05, 0) is 6.92 Å². The van der Waals surface area contributed by atoms with Crippen molar-refractivity contribution in [3.05, 3.63) is 23.9 Å². The molecule has 2 heterocycles. The molecule has 0 bridgehead atoms. The summed E-state index contributed by atoms with van der Waals surface area (Å²) in [6.45, 7) is 0.719. The minimum atomic E-state index is -2.89. The van der Waals surface area contributed by atoms with Crippen LogP contribution in [0.15, 0.2) is 18.7 Å². The van der Waals surface area contributed by atoms with Gasteiger partial charge in [0, 0.05) is 53.1 Å². The molecule has 2 aromatic rings. The van der Waals surface area contributed by atoms with E-state index in [1.165, 1.54) is 11.2 Å². The van der Waals surface area contributed by atoms with E-state index in [0.717, 1.165) is 18.3 Å². The molecule has 11 heteroatoms. The summed E-state index contributed by atoms with van der Waals surface area (Å²) in [6.07, 6.45) is 9.25. The molecular formula is C17H17ClF2N4O2S2. The molecule has 150 valence electrons. The van der Waals surface area contributed by atoms with E-state index in [1.54, 1.807) is 12.4 Å². The number of carbonyl (C=O) groups is 1. The number of halogens is 3. The number of hydrogen-bond acceptors (Lipinski definition) is 6. The lowest BCUT2D eigenvalue weighted by molar-refractivity contribution is -0.118. The molecule has 6 nitrogen and oxygen atoms in total. The maximum atomic E-state index is 12.9. The number of amides is 1. The Morgan fingerprint density at radius 1 is 1.39 bits per heavy atom. The summed E-state index contributed by atoms with van der Waals surface area (Å²) in [7, 11) is -1.53. The van der Waals surface area contributed by atoms with Crippen LogP contribution in [0.25, 0.3) is 10.6 Å². The Labute approximate surface area is 172 Å². The van der Waals surface area contributed by atoms with Gasteiger partial charge < -0.3 is 0 Å². The zero-order chi connectivity index (χ0) is 20.7. The highest BCUT2D eigenvalue weighted by Gasteiger charge is 2.24. The topological polar surface area (TPSA) is 76.1 Å². The monoisotopic (exact) mass is 446 g/mol. The molecule has 0 aliphatic heterocycles. The zero-order valence-electron chi connectivity index (χ0n) is 14.9. The van der Waals surface area contributed by atoms with Gasteiger partial charge in [-0.2, -0.15) is 0 Å². The van der Waals surface area contributed by atoms with Crippen LogP contribution in [0.4, 0.5) is 13.8 Å². The van der Waals surface area contributed by atoms with E-state index in [0.29, 0.717) is 15.6 Å². The molecule has 1 amide bonds. The summed E-state index contributed by atoms with van der Waals surface area (Å²) in [5, 5.41) is 0.970. The van der Waals surface area contributed by atoms with Crippen LogP contribution in [0.5, 0.6) is 0 Å². The van der Waals surface area contributed by atoms with Gasteiger partial charge in [0.25, 0.3) is 0 Å². The highest BCUT2D eigenvalue weighted by atomic mass is 35.5. The van der Waals surface area contributed by atoms with E-state index in [1.807, 2.05) is 0 Å². The number of terminal acetylenes is 1. The molecular weight excluding hydrogens is 430 g/mol. The Balaban J connectivity index is 2.08. The lowest BCUT2D eigenvalue weighted by Gasteiger charge is -2.18. The first-order chi connectivity index (χ1) is 13.2. The molecule has 1 unspecified atom stereocenters. The molecule has 0 saturated heterocycles. The molecule has 0 N–H and O–H groups in total. The van der Waals surface area contributed by atoms with Crippen molar-refractivity contribution >= 4 is 44.6 Å². The fraction of sp³-hybridized carbons (Fsp3) is 0.412. The standard InChI is InChI=1S/C17H17ClF2N4O2S2/c1-3-6-24(13(25)4-7-28(26)8-5-17(2,19)20)16-14(18)23-15(27-16)12-9-21-11-22-10-12/h1,9-11H,4-8H2,2H3. The minimum Gasteiger partial charge on any atom is -0.289 e. The van der Waals surface area contributed by atoms with E-state index in [2.05, 4.69) is 20.9 Å². The Kier molecular flexibility index (Phi) is 7.98. The Bertz CT molecular complexity index is 882. The van der Waals surface area contributed by atoms with Crippen LogP contribution in [0.1, 0.15) is 19.8 Å². The van der Waals surface area contributed by atoms with Gasteiger partial charge in [-0.15, -0.1) is 6.42 Å². The Morgan fingerprint density at radius 2 is 2.07 bits per heavy atom. The number of thiazole rings is 1. The highest BCUT2D eigenvalue weighted by molar-refractivity contribution is 7.84. The molecule has 0 fully saturated rings. The van der Waals surface area contributed by atoms with Crippen LogP contribution >= 0.6 is 22.9 Å². The summed E-state index contributed by atoms with van der Waals surface area (Å²) in [5.41, 5.74) is 0.635. The maximum Gasteiger partial charge on any atom is 0.246 e. The number of hydrogen-bond donors (Lipinski definition) is 0. The van der Waals surface area contributed by atoms with Crippen molar-refractivity contribution in [2.24, 2.45) is 0 Å². The van der Waals surface area contributed by atoms with Gasteiger partial charge >= 0.3 is 0 Å². The van der Waals surface area contributed by atoms with Gasteiger partial charge in [0.1, 0.15) is 16.3 Å². The largest absolute Gasteiger partial charge is 0.289 e. The van der Waals surface area contributed by atoms with Crippen LogP contribution in [-0.2, 0) is 15.6 Å². The first-order valence-corrected chi connectivity index (χ1v) is 10.8. The molecule has 1 atom stereocenters.